The van der Waals surface area contributed by atoms with Crippen LogP contribution in [-0.2, 0) is 12.8 Å². The Hall–Kier alpha value is -1.51. The number of anilines is 1. The van der Waals surface area contributed by atoms with Gasteiger partial charge in [0.1, 0.15) is 0 Å². The lowest BCUT2D eigenvalue weighted by molar-refractivity contribution is 0.199. The van der Waals surface area contributed by atoms with Gasteiger partial charge in [-0.3, -0.25) is 0 Å². The Bertz CT molecular complexity index is 612. The molecule has 1 aliphatic rings. The van der Waals surface area contributed by atoms with E-state index in [1.54, 1.807) is 6.92 Å². The van der Waals surface area contributed by atoms with Crippen LogP contribution in [-0.4, -0.2) is 18.2 Å². The molecule has 3 heteroatoms. The van der Waals surface area contributed by atoms with Crippen molar-refractivity contribution in [1.82, 2.24) is 0 Å². The number of aliphatic hydroxyl groups is 1. The summed E-state index contributed by atoms with van der Waals surface area (Å²) in [6.07, 6.45) is 1.61. The van der Waals surface area contributed by atoms with Crippen molar-refractivity contribution >= 4 is 17.3 Å². The molecule has 110 valence electrons. The van der Waals surface area contributed by atoms with Gasteiger partial charge in [0.2, 0.25) is 0 Å². The molecular weight excluding hydrogens is 282 g/mol. The second-order valence-corrected chi connectivity index (χ2v) is 6.05. The van der Waals surface area contributed by atoms with Crippen molar-refractivity contribution in [3.63, 3.8) is 0 Å². The molecule has 0 spiro atoms. The maximum atomic E-state index is 9.64. The van der Waals surface area contributed by atoms with E-state index in [-0.39, 0.29) is 0 Å². The highest BCUT2D eigenvalue weighted by atomic mass is 35.5. The minimum Gasteiger partial charge on any atom is -0.389 e. The minimum absolute atomic E-state index is 0.482. The Labute approximate surface area is 131 Å². The van der Waals surface area contributed by atoms with Gasteiger partial charge >= 0.3 is 0 Å². The summed E-state index contributed by atoms with van der Waals surface area (Å²) in [7, 11) is 0. The first-order chi connectivity index (χ1) is 10.1. The summed E-state index contributed by atoms with van der Waals surface area (Å²) in [6.45, 7) is 3.71. The Balaban J connectivity index is 1.83. The van der Waals surface area contributed by atoms with Crippen LogP contribution in [0.5, 0.6) is 0 Å². The van der Waals surface area contributed by atoms with Gasteiger partial charge in [0.15, 0.2) is 0 Å². The molecule has 21 heavy (non-hydrogen) atoms. The Kier molecular flexibility index (Phi) is 4.18. The molecule has 2 aromatic rings. The van der Waals surface area contributed by atoms with E-state index >= 15 is 0 Å². The van der Waals surface area contributed by atoms with Gasteiger partial charge in [-0.25, -0.2) is 0 Å². The van der Waals surface area contributed by atoms with Crippen LogP contribution < -0.4 is 4.90 Å². The third-order valence-corrected chi connectivity index (χ3v) is 4.52. The number of fused-ring (bicyclic) bond motifs is 1. The molecule has 0 amide bonds. The van der Waals surface area contributed by atoms with Crippen LogP contribution in [0, 0.1) is 0 Å². The molecular formula is C18H20ClNO. The summed E-state index contributed by atoms with van der Waals surface area (Å²) in [6, 6.07) is 14.5. The van der Waals surface area contributed by atoms with Gasteiger partial charge in [0, 0.05) is 13.1 Å². The molecule has 0 fully saturated rings. The summed E-state index contributed by atoms with van der Waals surface area (Å²) < 4.78 is 0. The van der Waals surface area contributed by atoms with Gasteiger partial charge < -0.3 is 10.0 Å². The summed E-state index contributed by atoms with van der Waals surface area (Å²) in [5.74, 6) is 0. The molecule has 3 rings (SSSR count). The zero-order chi connectivity index (χ0) is 14.8. The smallest absolute Gasteiger partial charge is 0.0762 e. The fourth-order valence-electron chi connectivity index (χ4n) is 2.95. The number of aliphatic hydroxyl groups excluding tert-OH is 1. The Morgan fingerprint density at radius 3 is 2.19 bits per heavy atom. The van der Waals surface area contributed by atoms with Crippen molar-refractivity contribution in [2.24, 2.45) is 0 Å². The number of rotatable bonds is 2. The fourth-order valence-corrected chi connectivity index (χ4v) is 3.26. The van der Waals surface area contributed by atoms with Gasteiger partial charge in [-0.05, 0) is 48.6 Å². The second-order valence-electron chi connectivity index (χ2n) is 5.64. The number of hydrogen-bond donors (Lipinski definition) is 1. The molecule has 1 N–H and O–H groups in total. The van der Waals surface area contributed by atoms with Crippen LogP contribution in [0.4, 0.5) is 5.69 Å². The first-order valence-electron chi connectivity index (χ1n) is 7.44. The third kappa shape index (κ3) is 3.07. The molecule has 0 unspecified atom stereocenters. The largest absolute Gasteiger partial charge is 0.389 e. The zero-order valence-electron chi connectivity index (χ0n) is 12.2. The summed E-state index contributed by atoms with van der Waals surface area (Å²) in [5, 5.41) is 10.4. The van der Waals surface area contributed by atoms with Gasteiger partial charge in [-0.15, -0.1) is 0 Å². The van der Waals surface area contributed by atoms with Gasteiger partial charge in [0.05, 0.1) is 16.8 Å². The van der Waals surface area contributed by atoms with E-state index in [0.717, 1.165) is 42.2 Å². The number of halogens is 1. The quantitative estimate of drug-likeness (QED) is 0.906. The van der Waals surface area contributed by atoms with Crippen LogP contribution in [0.1, 0.15) is 29.7 Å². The molecule has 1 atom stereocenters. The topological polar surface area (TPSA) is 23.5 Å². The van der Waals surface area contributed by atoms with E-state index in [9.17, 15) is 5.11 Å². The van der Waals surface area contributed by atoms with Crippen molar-refractivity contribution in [2.45, 2.75) is 25.9 Å². The highest BCUT2D eigenvalue weighted by Gasteiger charge is 2.16. The summed E-state index contributed by atoms with van der Waals surface area (Å²) in [4.78, 5) is 2.34. The molecule has 1 heterocycles. The van der Waals surface area contributed by atoms with E-state index in [0.29, 0.717) is 0 Å². The van der Waals surface area contributed by atoms with Crippen molar-refractivity contribution in [1.29, 1.82) is 0 Å². The van der Waals surface area contributed by atoms with Crippen LogP contribution in [0.15, 0.2) is 42.5 Å². The van der Waals surface area contributed by atoms with Gasteiger partial charge in [-0.1, -0.05) is 41.9 Å². The van der Waals surface area contributed by atoms with Gasteiger partial charge in [-0.2, -0.15) is 0 Å². The van der Waals surface area contributed by atoms with E-state index < -0.39 is 6.10 Å². The molecule has 2 nitrogen and oxygen atoms in total. The van der Waals surface area contributed by atoms with Crippen LogP contribution >= 0.6 is 11.6 Å². The average Bonchev–Trinajstić information content (AvgIpc) is 2.70. The number of hydrogen-bond acceptors (Lipinski definition) is 2. The van der Waals surface area contributed by atoms with E-state index in [1.807, 2.05) is 18.2 Å². The van der Waals surface area contributed by atoms with E-state index in [1.165, 1.54) is 11.1 Å². The number of nitrogens with zero attached hydrogens (tertiary/aromatic N) is 1. The van der Waals surface area contributed by atoms with Crippen molar-refractivity contribution in [3.05, 3.63) is 64.2 Å². The average molecular weight is 302 g/mol. The van der Waals surface area contributed by atoms with E-state index in [2.05, 4.69) is 29.2 Å². The first kappa shape index (κ1) is 14.4. The van der Waals surface area contributed by atoms with Crippen LogP contribution in [0.25, 0.3) is 0 Å². The minimum atomic E-state index is -0.482. The molecule has 0 saturated heterocycles. The molecule has 0 saturated carbocycles. The lowest BCUT2D eigenvalue weighted by atomic mass is 10.0. The van der Waals surface area contributed by atoms with Crippen LogP contribution in [0.3, 0.4) is 0 Å². The highest BCUT2D eigenvalue weighted by molar-refractivity contribution is 6.33. The fraction of sp³-hybridized carbons (Fsp3) is 0.333. The van der Waals surface area contributed by atoms with Crippen molar-refractivity contribution in [3.8, 4) is 0 Å². The number of benzene rings is 2. The molecule has 2 aromatic carbocycles. The molecule has 1 aliphatic heterocycles. The first-order valence-corrected chi connectivity index (χ1v) is 7.82. The van der Waals surface area contributed by atoms with E-state index in [4.69, 9.17) is 11.6 Å². The lowest BCUT2D eigenvalue weighted by Crippen LogP contribution is -2.26. The standard InChI is InChI=1S/C18H20ClNO/c1-13(21)16-6-7-18(17(19)12-16)20-10-8-14-4-2-3-5-15(14)9-11-20/h2-7,12-13,21H,8-11H2,1H3/t13-/m0/s1. The third-order valence-electron chi connectivity index (χ3n) is 4.22. The Morgan fingerprint density at radius 1 is 1.05 bits per heavy atom. The molecule has 0 aliphatic carbocycles. The molecule has 0 aromatic heterocycles. The predicted molar refractivity (Wildman–Crippen MR) is 88.1 cm³/mol. The zero-order valence-corrected chi connectivity index (χ0v) is 13.0. The Morgan fingerprint density at radius 2 is 1.67 bits per heavy atom. The predicted octanol–water partition coefficient (Wildman–Crippen LogP) is 4.00. The van der Waals surface area contributed by atoms with Crippen molar-refractivity contribution < 1.29 is 5.11 Å². The monoisotopic (exact) mass is 301 g/mol. The van der Waals surface area contributed by atoms with Crippen molar-refractivity contribution in [2.75, 3.05) is 18.0 Å². The normalized spacial score (nSPS) is 16.2. The van der Waals surface area contributed by atoms with Crippen LogP contribution in [0.2, 0.25) is 5.02 Å². The SMILES string of the molecule is C[C@H](O)c1ccc(N2CCc3ccccc3CC2)c(Cl)c1. The van der Waals surface area contributed by atoms with Gasteiger partial charge in [0.25, 0.3) is 0 Å². The molecule has 0 radical (unpaired) electrons. The second kappa shape index (κ2) is 6.08. The maximum Gasteiger partial charge on any atom is 0.0762 e. The maximum absolute atomic E-state index is 9.64. The summed E-state index contributed by atoms with van der Waals surface area (Å²) in [5.41, 5.74) is 4.81. The lowest BCUT2D eigenvalue weighted by Gasteiger charge is -2.24. The highest BCUT2D eigenvalue weighted by Crippen LogP contribution is 2.30. The summed E-state index contributed by atoms with van der Waals surface area (Å²) >= 11 is 6.42. The molecule has 0 bridgehead atoms.